The van der Waals surface area contributed by atoms with Crippen LogP contribution in [0.3, 0.4) is 0 Å². The summed E-state index contributed by atoms with van der Waals surface area (Å²) < 4.78 is 2.02. The monoisotopic (exact) mass is 320 g/mol. The van der Waals surface area contributed by atoms with E-state index in [0.717, 1.165) is 48.1 Å². The van der Waals surface area contributed by atoms with Crippen LogP contribution in [-0.4, -0.2) is 38.4 Å². The maximum absolute atomic E-state index is 13.1. The Morgan fingerprint density at radius 1 is 1.25 bits per heavy atom. The molecule has 1 aliphatic heterocycles. The minimum Gasteiger partial charge on any atom is -0.350 e. The molecule has 0 N–H and O–H groups in total. The van der Waals surface area contributed by atoms with E-state index in [1.54, 1.807) is 12.5 Å². The van der Waals surface area contributed by atoms with Crippen LogP contribution in [0.1, 0.15) is 34.8 Å². The fourth-order valence-corrected chi connectivity index (χ4v) is 3.63. The Kier molecular flexibility index (Phi) is 3.76. The third kappa shape index (κ3) is 2.56. The highest BCUT2D eigenvalue weighted by atomic mass is 16.2. The Bertz CT molecular complexity index is 871. The third-order valence-electron chi connectivity index (χ3n) is 4.86. The zero-order valence-corrected chi connectivity index (χ0v) is 13.7. The van der Waals surface area contributed by atoms with Gasteiger partial charge in [0.2, 0.25) is 0 Å². The quantitative estimate of drug-likeness (QED) is 0.729. The van der Waals surface area contributed by atoms with Crippen molar-refractivity contribution in [3.8, 4) is 0 Å². The smallest absolute Gasteiger partial charge is 0.256 e. The molecule has 1 saturated heterocycles. The molecule has 0 saturated carbocycles. The van der Waals surface area contributed by atoms with Gasteiger partial charge >= 0.3 is 0 Å². The zero-order chi connectivity index (χ0) is 16.5. The summed E-state index contributed by atoms with van der Waals surface area (Å²) in [5.41, 5.74) is 2.90. The second kappa shape index (κ2) is 6.07. The number of benzene rings is 1. The Morgan fingerprint density at radius 2 is 2.12 bits per heavy atom. The predicted octanol–water partition coefficient (Wildman–Crippen LogP) is 2.99. The van der Waals surface area contributed by atoms with Gasteiger partial charge in [-0.15, -0.1) is 0 Å². The Hall–Kier alpha value is -2.69. The van der Waals surface area contributed by atoms with Crippen molar-refractivity contribution in [3.05, 3.63) is 60.3 Å². The van der Waals surface area contributed by atoms with Crippen LogP contribution in [0.4, 0.5) is 0 Å². The van der Waals surface area contributed by atoms with Crippen molar-refractivity contribution >= 4 is 16.8 Å². The number of aryl methyl sites for hydroxylation is 1. The molecule has 0 radical (unpaired) electrons. The van der Waals surface area contributed by atoms with Gasteiger partial charge in [-0.1, -0.05) is 18.2 Å². The van der Waals surface area contributed by atoms with Crippen LogP contribution >= 0.6 is 0 Å². The van der Waals surface area contributed by atoms with Crippen LogP contribution < -0.4 is 0 Å². The minimum absolute atomic E-state index is 0.116. The minimum atomic E-state index is 0.116. The normalized spacial score (nSPS) is 18.0. The second-order valence-corrected chi connectivity index (χ2v) is 6.40. The number of hydrogen-bond donors (Lipinski definition) is 0. The number of carbonyl (C=O) groups is 1. The van der Waals surface area contributed by atoms with Gasteiger partial charge in [-0.25, -0.2) is 9.97 Å². The number of likely N-dealkylation sites (tertiary alicyclic amines) is 1. The lowest BCUT2D eigenvalue weighted by Gasteiger charge is -2.32. The van der Waals surface area contributed by atoms with E-state index in [0.29, 0.717) is 5.92 Å². The first-order valence-electron chi connectivity index (χ1n) is 8.33. The SMILES string of the molecule is Cn1cc(C(=O)N2CCCC(c3ccncn3)C2)c2ccccc21. The first kappa shape index (κ1) is 14.9. The molecule has 1 unspecified atom stereocenters. The van der Waals surface area contributed by atoms with Crippen molar-refractivity contribution < 1.29 is 4.79 Å². The Morgan fingerprint density at radius 3 is 2.96 bits per heavy atom. The predicted molar refractivity (Wildman–Crippen MR) is 92.8 cm³/mol. The fraction of sp³-hybridized carbons (Fsp3) is 0.316. The molecule has 3 heterocycles. The van der Waals surface area contributed by atoms with Gasteiger partial charge < -0.3 is 9.47 Å². The van der Waals surface area contributed by atoms with Gasteiger partial charge in [-0.3, -0.25) is 4.79 Å². The summed E-state index contributed by atoms with van der Waals surface area (Å²) in [6.45, 7) is 1.53. The molecular formula is C19H20N4O. The van der Waals surface area contributed by atoms with Crippen LogP contribution in [-0.2, 0) is 7.05 Å². The maximum atomic E-state index is 13.1. The van der Waals surface area contributed by atoms with Gasteiger partial charge in [0.05, 0.1) is 5.56 Å². The van der Waals surface area contributed by atoms with E-state index in [9.17, 15) is 4.79 Å². The first-order chi connectivity index (χ1) is 11.7. The summed E-state index contributed by atoms with van der Waals surface area (Å²) in [4.78, 5) is 23.4. The average Bonchev–Trinajstić information content (AvgIpc) is 2.99. The number of rotatable bonds is 2. The lowest BCUT2D eigenvalue weighted by Crippen LogP contribution is -2.39. The lowest BCUT2D eigenvalue weighted by atomic mass is 9.94. The maximum Gasteiger partial charge on any atom is 0.256 e. The number of nitrogens with zero attached hydrogens (tertiary/aromatic N) is 4. The molecule has 122 valence electrons. The largest absolute Gasteiger partial charge is 0.350 e. The molecule has 1 aliphatic rings. The summed E-state index contributed by atoms with van der Waals surface area (Å²) in [6, 6.07) is 10.0. The van der Waals surface area contributed by atoms with Gasteiger partial charge in [0.1, 0.15) is 6.33 Å². The van der Waals surface area contributed by atoms with Crippen LogP contribution in [0.25, 0.3) is 10.9 Å². The number of hydrogen-bond acceptors (Lipinski definition) is 3. The highest BCUT2D eigenvalue weighted by Gasteiger charge is 2.27. The van der Waals surface area contributed by atoms with Crippen LogP contribution in [0.15, 0.2) is 49.1 Å². The molecule has 0 aliphatic carbocycles. The van der Waals surface area contributed by atoms with Crippen molar-refractivity contribution in [3.63, 3.8) is 0 Å². The highest BCUT2D eigenvalue weighted by molar-refractivity contribution is 6.07. The molecule has 1 amide bonds. The summed E-state index contributed by atoms with van der Waals surface area (Å²) in [6.07, 6.45) is 7.37. The molecule has 24 heavy (non-hydrogen) atoms. The van der Waals surface area contributed by atoms with E-state index in [1.807, 2.05) is 53.0 Å². The van der Waals surface area contributed by atoms with Crippen LogP contribution in [0, 0.1) is 0 Å². The zero-order valence-electron chi connectivity index (χ0n) is 13.7. The van der Waals surface area contributed by atoms with E-state index in [-0.39, 0.29) is 5.91 Å². The number of para-hydroxylation sites is 1. The summed E-state index contributed by atoms with van der Waals surface area (Å²) >= 11 is 0. The summed E-state index contributed by atoms with van der Waals surface area (Å²) in [7, 11) is 1.99. The molecular weight excluding hydrogens is 300 g/mol. The topological polar surface area (TPSA) is 51.0 Å². The van der Waals surface area contributed by atoms with Gasteiger partial charge in [0.15, 0.2) is 0 Å². The number of amides is 1. The molecule has 5 nitrogen and oxygen atoms in total. The van der Waals surface area contributed by atoms with E-state index in [1.165, 1.54) is 0 Å². The average molecular weight is 320 g/mol. The van der Waals surface area contributed by atoms with E-state index in [4.69, 9.17) is 0 Å². The van der Waals surface area contributed by atoms with E-state index < -0.39 is 0 Å². The summed E-state index contributed by atoms with van der Waals surface area (Å²) in [5, 5.41) is 1.02. The van der Waals surface area contributed by atoms with Crippen molar-refractivity contribution in [2.45, 2.75) is 18.8 Å². The van der Waals surface area contributed by atoms with Crippen molar-refractivity contribution in [2.24, 2.45) is 7.05 Å². The molecule has 1 aromatic carbocycles. The third-order valence-corrected chi connectivity index (χ3v) is 4.86. The Labute approximate surface area is 140 Å². The van der Waals surface area contributed by atoms with Gasteiger partial charge in [0, 0.05) is 55.0 Å². The molecule has 0 spiro atoms. The number of carbonyl (C=O) groups excluding carboxylic acids is 1. The molecule has 5 heteroatoms. The molecule has 4 rings (SSSR count). The van der Waals surface area contributed by atoms with Crippen LogP contribution in [0.5, 0.6) is 0 Å². The molecule has 3 aromatic rings. The van der Waals surface area contributed by atoms with Crippen molar-refractivity contribution in [1.29, 1.82) is 0 Å². The molecule has 1 fully saturated rings. The molecule has 1 atom stereocenters. The highest BCUT2D eigenvalue weighted by Crippen LogP contribution is 2.28. The second-order valence-electron chi connectivity index (χ2n) is 6.40. The standard InChI is InChI=1S/C19H20N4O/c1-22-12-16(15-6-2-3-7-18(15)22)19(24)23-10-4-5-14(11-23)17-8-9-20-13-21-17/h2-3,6-9,12-14H,4-5,10-11H2,1H3. The van der Waals surface area contributed by atoms with Gasteiger partial charge in [-0.05, 0) is 25.0 Å². The molecule has 2 aromatic heterocycles. The van der Waals surface area contributed by atoms with Crippen LogP contribution in [0.2, 0.25) is 0 Å². The Balaban J connectivity index is 1.62. The lowest BCUT2D eigenvalue weighted by molar-refractivity contribution is 0.0707. The van der Waals surface area contributed by atoms with Gasteiger partial charge in [-0.2, -0.15) is 0 Å². The number of aromatic nitrogens is 3. The van der Waals surface area contributed by atoms with Crippen molar-refractivity contribution in [1.82, 2.24) is 19.4 Å². The number of fused-ring (bicyclic) bond motifs is 1. The first-order valence-corrected chi connectivity index (χ1v) is 8.33. The van der Waals surface area contributed by atoms with E-state index >= 15 is 0 Å². The van der Waals surface area contributed by atoms with E-state index in [2.05, 4.69) is 9.97 Å². The van der Waals surface area contributed by atoms with Gasteiger partial charge in [0.25, 0.3) is 5.91 Å². The molecule has 0 bridgehead atoms. The summed E-state index contributed by atoms with van der Waals surface area (Å²) in [5.74, 6) is 0.409. The number of piperidine rings is 1. The van der Waals surface area contributed by atoms with Crippen molar-refractivity contribution in [2.75, 3.05) is 13.1 Å². The fourth-order valence-electron chi connectivity index (χ4n) is 3.63.